The van der Waals surface area contributed by atoms with Crippen LogP contribution in [-0.2, 0) is 14.3 Å². The summed E-state index contributed by atoms with van der Waals surface area (Å²) in [7, 11) is 0. The first-order valence-electron chi connectivity index (χ1n) is 10.0. The molecule has 0 spiro atoms. The van der Waals surface area contributed by atoms with Gasteiger partial charge in [-0.05, 0) is 47.9 Å². The molecule has 0 aliphatic heterocycles. The van der Waals surface area contributed by atoms with E-state index in [1.807, 2.05) is 66.7 Å². The average molecular weight is 423 g/mol. The second-order valence-corrected chi connectivity index (χ2v) is 6.69. The first-order valence-corrected chi connectivity index (χ1v) is 10.0. The first-order chi connectivity index (χ1) is 15.6. The Balaban J connectivity index is 1.89. The summed E-state index contributed by atoms with van der Waals surface area (Å²) in [5, 5.41) is 9.23. The van der Waals surface area contributed by atoms with Crippen molar-refractivity contribution in [1.29, 1.82) is 5.26 Å². The third-order valence-corrected chi connectivity index (χ3v) is 4.41. The van der Waals surface area contributed by atoms with Crippen molar-refractivity contribution in [1.82, 2.24) is 0 Å². The fraction of sp³-hybridized carbons (Fsp3) is 0.0741. The maximum atomic E-state index is 13.1. The molecule has 3 aromatic carbocycles. The summed E-state index contributed by atoms with van der Waals surface area (Å²) < 4.78 is 10.5. The lowest BCUT2D eigenvalue weighted by atomic mass is 10.0. The third kappa shape index (κ3) is 6.04. The predicted molar refractivity (Wildman–Crippen MR) is 123 cm³/mol. The molecule has 0 atom stereocenters. The number of esters is 2. The highest BCUT2D eigenvalue weighted by Gasteiger charge is 2.15. The zero-order chi connectivity index (χ0) is 22.8. The van der Waals surface area contributed by atoms with Gasteiger partial charge in [0.05, 0.1) is 12.2 Å². The second kappa shape index (κ2) is 11.1. The van der Waals surface area contributed by atoms with Crippen LogP contribution in [0.25, 0.3) is 17.7 Å². The van der Waals surface area contributed by atoms with Crippen LogP contribution in [-0.4, -0.2) is 18.5 Å². The molecule has 0 heterocycles. The molecule has 0 aliphatic carbocycles. The van der Waals surface area contributed by atoms with Crippen molar-refractivity contribution in [3.05, 3.63) is 107 Å². The number of ether oxygens (including phenoxy) is 2. The van der Waals surface area contributed by atoms with Crippen LogP contribution in [0.5, 0.6) is 5.75 Å². The number of carbonyl (C=O) groups excluding carboxylic acids is 2. The Morgan fingerprint density at radius 1 is 0.844 bits per heavy atom. The second-order valence-electron chi connectivity index (χ2n) is 6.69. The van der Waals surface area contributed by atoms with Crippen LogP contribution >= 0.6 is 0 Å². The molecule has 3 rings (SSSR count). The van der Waals surface area contributed by atoms with Gasteiger partial charge in [0, 0.05) is 0 Å². The maximum absolute atomic E-state index is 13.1. The molecule has 5 heteroatoms. The van der Waals surface area contributed by atoms with Crippen LogP contribution in [0, 0.1) is 11.3 Å². The van der Waals surface area contributed by atoms with Crippen molar-refractivity contribution in [2.45, 2.75) is 6.92 Å². The summed E-state index contributed by atoms with van der Waals surface area (Å²) in [6.07, 6.45) is 3.17. The van der Waals surface area contributed by atoms with Crippen molar-refractivity contribution >= 4 is 29.7 Å². The van der Waals surface area contributed by atoms with Crippen LogP contribution < -0.4 is 4.74 Å². The molecule has 0 bridgehead atoms. The number of hydrogen-bond acceptors (Lipinski definition) is 5. The van der Waals surface area contributed by atoms with Gasteiger partial charge in [0.25, 0.3) is 0 Å². The fourth-order valence-corrected chi connectivity index (χ4v) is 2.94. The Bertz CT molecular complexity index is 1190. The van der Waals surface area contributed by atoms with Gasteiger partial charge < -0.3 is 9.47 Å². The summed E-state index contributed by atoms with van der Waals surface area (Å²) in [6, 6.07) is 27.2. The molecule has 0 saturated heterocycles. The lowest BCUT2D eigenvalue weighted by molar-refractivity contribution is -0.138. The van der Waals surface area contributed by atoms with E-state index in [1.54, 1.807) is 37.3 Å². The van der Waals surface area contributed by atoms with E-state index in [4.69, 9.17) is 9.47 Å². The smallest absolute Gasteiger partial charge is 0.348 e. The molecule has 5 nitrogen and oxygen atoms in total. The highest BCUT2D eigenvalue weighted by molar-refractivity contribution is 6.22. The zero-order valence-electron chi connectivity index (χ0n) is 17.5. The quantitative estimate of drug-likeness (QED) is 0.169. The summed E-state index contributed by atoms with van der Waals surface area (Å²) in [5.41, 5.74) is 2.40. The van der Waals surface area contributed by atoms with E-state index in [-0.39, 0.29) is 12.2 Å². The molecule has 0 saturated carbocycles. The van der Waals surface area contributed by atoms with Gasteiger partial charge in [0.2, 0.25) is 0 Å². The minimum atomic E-state index is -0.699. The molecule has 0 fully saturated rings. The van der Waals surface area contributed by atoms with Crippen molar-refractivity contribution < 1.29 is 19.1 Å². The van der Waals surface area contributed by atoms with Gasteiger partial charge in [-0.3, -0.25) is 0 Å². The lowest BCUT2D eigenvalue weighted by Gasteiger charge is -2.10. The minimum absolute atomic E-state index is 0.135. The monoisotopic (exact) mass is 423 g/mol. The number of benzene rings is 3. The Labute approximate surface area is 186 Å². The van der Waals surface area contributed by atoms with E-state index < -0.39 is 11.9 Å². The van der Waals surface area contributed by atoms with Gasteiger partial charge >= 0.3 is 11.9 Å². The fourth-order valence-electron chi connectivity index (χ4n) is 2.94. The molecule has 0 N–H and O–H groups in total. The van der Waals surface area contributed by atoms with Gasteiger partial charge in [0.1, 0.15) is 17.4 Å². The molecule has 32 heavy (non-hydrogen) atoms. The number of nitrogens with zero attached hydrogens (tertiary/aromatic N) is 1. The lowest BCUT2D eigenvalue weighted by Crippen LogP contribution is -2.10. The average Bonchev–Trinajstić information content (AvgIpc) is 2.82. The van der Waals surface area contributed by atoms with E-state index in [0.717, 1.165) is 11.1 Å². The van der Waals surface area contributed by atoms with Crippen LogP contribution in [0.4, 0.5) is 0 Å². The summed E-state index contributed by atoms with van der Waals surface area (Å²) in [5.74, 6) is -0.929. The van der Waals surface area contributed by atoms with Crippen molar-refractivity contribution in [3.8, 4) is 11.8 Å². The van der Waals surface area contributed by atoms with Gasteiger partial charge in [-0.1, -0.05) is 72.8 Å². The predicted octanol–water partition coefficient (Wildman–Crippen LogP) is 5.30. The van der Waals surface area contributed by atoms with E-state index >= 15 is 0 Å². The highest BCUT2D eigenvalue weighted by atomic mass is 16.5. The zero-order valence-corrected chi connectivity index (χ0v) is 17.5. The van der Waals surface area contributed by atoms with Gasteiger partial charge in [-0.15, -0.1) is 0 Å². The molecule has 0 aliphatic rings. The molecular weight excluding hydrogens is 402 g/mol. The van der Waals surface area contributed by atoms with Gasteiger partial charge in [0.15, 0.2) is 0 Å². The van der Waals surface area contributed by atoms with Crippen molar-refractivity contribution in [2.24, 2.45) is 0 Å². The van der Waals surface area contributed by atoms with Crippen molar-refractivity contribution in [3.63, 3.8) is 0 Å². The van der Waals surface area contributed by atoms with Crippen LogP contribution in [0.1, 0.15) is 23.6 Å². The summed E-state index contributed by atoms with van der Waals surface area (Å²) in [6.45, 7) is 1.84. The van der Waals surface area contributed by atoms with Crippen LogP contribution in [0.3, 0.4) is 0 Å². The van der Waals surface area contributed by atoms with Crippen LogP contribution in [0.2, 0.25) is 0 Å². The normalized spacial score (nSPS) is 11.4. The number of rotatable bonds is 7. The largest absolute Gasteiger partial charge is 0.462 e. The molecule has 3 aromatic rings. The number of hydrogen-bond donors (Lipinski definition) is 0. The van der Waals surface area contributed by atoms with E-state index in [1.165, 1.54) is 6.08 Å². The Morgan fingerprint density at radius 3 is 2.16 bits per heavy atom. The maximum Gasteiger partial charge on any atom is 0.348 e. The summed E-state index contributed by atoms with van der Waals surface area (Å²) in [4.78, 5) is 24.9. The molecule has 0 unspecified atom stereocenters. The third-order valence-electron chi connectivity index (χ3n) is 4.41. The van der Waals surface area contributed by atoms with E-state index in [2.05, 4.69) is 0 Å². The van der Waals surface area contributed by atoms with E-state index in [0.29, 0.717) is 16.9 Å². The Morgan fingerprint density at radius 2 is 1.50 bits per heavy atom. The van der Waals surface area contributed by atoms with Crippen molar-refractivity contribution in [2.75, 3.05) is 6.61 Å². The van der Waals surface area contributed by atoms with E-state index in [9.17, 15) is 14.9 Å². The first kappa shape index (κ1) is 22.3. The Kier molecular flexibility index (Phi) is 7.72. The van der Waals surface area contributed by atoms with Gasteiger partial charge in [-0.2, -0.15) is 5.26 Å². The molecular formula is C27H21NO4. The van der Waals surface area contributed by atoms with Crippen LogP contribution in [0.15, 0.2) is 90.5 Å². The SMILES string of the molecule is CCOC(=O)/C(C#N)=C/c1cccc(OC(=O)/C(=C/c2ccccc2)c2ccccc2)c1. The highest BCUT2D eigenvalue weighted by Crippen LogP contribution is 2.23. The number of nitriles is 1. The summed E-state index contributed by atoms with van der Waals surface area (Å²) >= 11 is 0. The molecule has 0 amide bonds. The Hall–Kier alpha value is -4.43. The molecule has 0 aromatic heterocycles. The van der Waals surface area contributed by atoms with Gasteiger partial charge in [-0.25, -0.2) is 9.59 Å². The topological polar surface area (TPSA) is 76.4 Å². The molecule has 158 valence electrons. The standard InChI is InChI=1S/C27H21NO4/c1-2-31-26(29)23(19-28)16-21-12-9-15-24(17-21)32-27(30)25(22-13-7-4-8-14-22)18-20-10-5-3-6-11-20/h3-18H,2H2,1H3/b23-16+,25-18+. The molecule has 0 radical (unpaired) electrons. The minimum Gasteiger partial charge on any atom is -0.462 e. The number of carbonyl (C=O) groups is 2.